The zero-order valence-electron chi connectivity index (χ0n) is 19.9. The van der Waals surface area contributed by atoms with Gasteiger partial charge in [-0.2, -0.15) is 4.37 Å². The average Bonchev–Trinajstić information content (AvgIpc) is 3.50. The molecule has 4 rings (SSSR count). The number of anilines is 1. The molecule has 0 radical (unpaired) electrons. The molecule has 5 N–H and O–H groups in total. The molecule has 1 aliphatic rings. The molecule has 1 heterocycles. The van der Waals surface area contributed by atoms with Crippen molar-refractivity contribution in [3.63, 3.8) is 0 Å². The quantitative estimate of drug-likeness (QED) is 0.426. The van der Waals surface area contributed by atoms with Crippen LogP contribution in [-0.4, -0.2) is 33.0 Å². The number of hydrogen-bond donors (Lipinski definition) is 3. The number of nitrogen functional groups attached to an aromatic ring is 1. The van der Waals surface area contributed by atoms with E-state index in [4.69, 9.17) is 11.5 Å². The van der Waals surface area contributed by atoms with E-state index in [0.29, 0.717) is 11.1 Å². The SMILES string of the molecule is Cc1ccc(C(C(=O)NC2CCCC2)N(Cc2ccc(F)cc2)C(=O)c2snc(C(N)=O)c2N)cc1. The molecular weight excluding hydrogens is 481 g/mol. The second-order valence-electron chi connectivity index (χ2n) is 9.00. The van der Waals surface area contributed by atoms with Gasteiger partial charge >= 0.3 is 0 Å². The summed E-state index contributed by atoms with van der Waals surface area (Å²) in [5.41, 5.74) is 13.3. The normalized spacial score (nSPS) is 14.4. The molecule has 36 heavy (non-hydrogen) atoms. The second kappa shape index (κ2) is 10.9. The number of aromatic nitrogens is 1. The van der Waals surface area contributed by atoms with Crippen molar-refractivity contribution in [2.75, 3.05) is 5.73 Å². The summed E-state index contributed by atoms with van der Waals surface area (Å²) in [6.45, 7) is 1.93. The minimum Gasteiger partial charge on any atom is -0.395 e. The van der Waals surface area contributed by atoms with E-state index in [2.05, 4.69) is 9.69 Å². The summed E-state index contributed by atoms with van der Waals surface area (Å²) in [5.74, 6) is -2.15. The van der Waals surface area contributed by atoms with E-state index in [1.54, 1.807) is 12.1 Å². The van der Waals surface area contributed by atoms with Gasteiger partial charge in [-0.05, 0) is 54.6 Å². The van der Waals surface area contributed by atoms with Gasteiger partial charge in [0.1, 0.15) is 16.7 Å². The van der Waals surface area contributed by atoms with Gasteiger partial charge in [-0.15, -0.1) is 0 Å². The van der Waals surface area contributed by atoms with Crippen LogP contribution >= 0.6 is 11.5 Å². The van der Waals surface area contributed by atoms with E-state index < -0.39 is 23.7 Å². The molecule has 1 aliphatic carbocycles. The molecule has 1 aromatic heterocycles. The lowest BCUT2D eigenvalue weighted by atomic mass is 10.0. The number of benzene rings is 2. The average molecular weight is 510 g/mol. The lowest BCUT2D eigenvalue weighted by Crippen LogP contribution is -2.45. The first-order valence-corrected chi connectivity index (χ1v) is 12.5. The van der Waals surface area contributed by atoms with Crippen molar-refractivity contribution < 1.29 is 18.8 Å². The Morgan fingerprint density at radius 3 is 2.33 bits per heavy atom. The van der Waals surface area contributed by atoms with E-state index in [-0.39, 0.29) is 34.8 Å². The van der Waals surface area contributed by atoms with Gasteiger partial charge < -0.3 is 21.7 Å². The van der Waals surface area contributed by atoms with E-state index >= 15 is 0 Å². The lowest BCUT2D eigenvalue weighted by Gasteiger charge is -2.32. The van der Waals surface area contributed by atoms with Gasteiger partial charge in [0.15, 0.2) is 5.69 Å². The number of amides is 3. The maximum Gasteiger partial charge on any atom is 0.270 e. The largest absolute Gasteiger partial charge is 0.395 e. The van der Waals surface area contributed by atoms with Gasteiger partial charge in [0.25, 0.3) is 11.8 Å². The van der Waals surface area contributed by atoms with Crippen LogP contribution in [0.3, 0.4) is 0 Å². The van der Waals surface area contributed by atoms with E-state index in [0.717, 1.165) is 42.8 Å². The van der Waals surface area contributed by atoms with Gasteiger partial charge in [-0.1, -0.05) is 54.8 Å². The number of carbonyl (C=O) groups is 3. The maximum absolute atomic E-state index is 13.9. The van der Waals surface area contributed by atoms with Gasteiger partial charge in [-0.3, -0.25) is 14.4 Å². The van der Waals surface area contributed by atoms with Crippen LogP contribution < -0.4 is 16.8 Å². The number of nitrogens with zero attached hydrogens (tertiary/aromatic N) is 2. The highest BCUT2D eigenvalue weighted by Crippen LogP contribution is 2.31. The van der Waals surface area contributed by atoms with Crippen molar-refractivity contribution in [3.05, 3.63) is 81.6 Å². The van der Waals surface area contributed by atoms with Crippen LogP contribution in [0.1, 0.15) is 68.6 Å². The molecule has 1 unspecified atom stereocenters. The molecule has 0 saturated heterocycles. The van der Waals surface area contributed by atoms with Crippen molar-refractivity contribution in [3.8, 4) is 0 Å². The van der Waals surface area contributed by atoms with Gasteiger partial charge in [0.2, 0.25) is 5.91 Å². The molecule has 0 spiro atoms. The Bertz CT molecular complexity index is 1250. The number of carbonyl (C=O) groups excluding carboxylic acids is 3. The molecule has 1 saturated carbocycles. The first kappa shape index (κ1) is 25.3. The fourth-order valence-electron chi connectivity index (χ4n) is 4.40. The molecule has 10 heteroatoms. The molecule has 2 aromatic carbocycles. The number of hydrogen-bond acceptors (Lipinski definition) is 6. The van der Waals surface area contributed by atoms with Gasteiger partial charge in [0.05, 0.1) is 5.69 Å². The lowest BCUT2D eigenvalue weighted by molar-refractivity contribution is -0.126. The third kappa shape index (κ3) is 5.54. The van der Waals surface area contributed by atoms with E-state index in [1.807, 2.05) is 31.2 Å². The summed E-state index contributed by atoms with van der Waals surface area (Å²) in [6.07, 6.45) is 3.82. The van der Waals surface area contributed by atoms with Gasteiger partial charge in [0, 0.05) is 12.6 Å². The van der Waals surface area contributed by atoms with Crippen molar-refractivity contribution >= 4 is 34.9 Å². The Labute approximate surface area is 212 Å². The van der Waals surface area contributed by atoms with Crippen LogP contribution in [0, 0.1) is 12.7 Å². The summed E-state index contributed by atoms with van der Waals surface area (Å²) >= 11 is 0.755. The summed E-state index contributed by atoms with van der Waals surface area (Å²) < 4.78 is 17.5. The number of rotatable bonds is 8. The Kier molecular flexibility index (Phi) is 7.64. The molecule has 188 valence electrons. The van der Waals surface area contributed by atoms with Crippen molar-refractivity contribution in [1.82, 2.24) is 14.6 Å². The molecule has 3 aromatic rings. The van der Waals surface area contributed by atoms with Crippen molar-refractivity contribution in [2.45, 2.75) is 51.2 Å². The predicted octanol–water partition coefficient (Wildman–Crippen LogP) is 3.71. The van der Waals surface area contributed by atoms with E-state index in [1.165, 1.54) is 17.0 Å². The van der Waals surface area contributed by atoms with Crippen molar-refractivity contribution in [1.29, 1.82) is 0 Å². The summed E-state index contributed by atoms with van der Waals surface area (Å²) in [5, 5.41) is 3.10. The van der Waals surface area contributed by atoms with Crippen LogP contribution in [0.15, 0.2) is 48.5 Å². The molecule has 3 amide bonds. The van der Waals surface area contributed by atoms with Crippen LogP contribution in [0.2, 0.25) is 0 Å². The highest BCUT2D eigenvalue weighted by Gasteiger charge is 2.36. The smallest absolute Gasteiger partial charge is 0.270 e. The number of nitrogens with one attached hydrogen (secondary N) is 1. The maximum atomic E-state index is 13.9. The molecular formula is C26H28FN5O3S. The first-order valence-electron chi connectivity index (χ1n) is 11.7. The molecule has 1 fully saturated rings. The van der Waals surface area contributed by atoms with Gasteiger partial charge in [-0.25, -0.2) is 4.39 Å². The molecule has 0 bridgehead atoms. The third-order valence-corrected chi connectivity index (χ3v) is 7.19. The summed E-state index contributed by atoms with van der Waals surface area (Å²) in [6, 6.07) is 12.1. The topological polar surface area (TPSA) is 131 Å². The predicted molar refractivity (Wildman–Crippen MR) is 136 cm³/mol. The number of aryl methyl sites for hydroxylation is 1. The first-order chi connectivity index (χ1) is 17.2. The minimum absolute atomic E-state index is 0.00100. The highest BCUT2D eigenvalue weighted by atomic mass is 32.1. The Balaban J connectivity index is 1.79. The molecule has 0 aliphatic heterocycles. The summed E-state index contributed by atoms with van der Waals surface area (Å²) in [4.78, 5) is 40.7. The van der Waals surface area contributed by atoms with Crippen LogP contribution in [0.25, 0.3) is 0 Å². The number of nitrogens with two attached hydrogens (primary N) is 2. The zero-order valence-corrected chi connectivity index (χ0v) is 20.7. The van der Waals surface area contributed by atoms with Crippen LogP contribution in [0.5, 0.6) is 0 Å². The van der Waals surface area contributed by atoms with Crippen molar-refractivity contribution in [2.24, 2.45) is 5.73 Å². The third-order valence-electron chi connectivity index (χ3n) is 6.34. The Morgan fingerprint density at radius 1 is 1.11 bits per heavy atom. The van der Waals surface area contributed by atoms with Crippen LogP contribution in [0.4, 0.5) is 10.1 Å². The second-order valence-corrected chi connectivity index (χ2v) is 9.77. The number of halogens is 1. The Morgan fingerprint density at radius 2 is 1.75 bits per heavy atom. The molecule has 8 nitrogen and oxygen atoms in total. The highest BCUT2D eigenvalue weighted by molar-refractivity contribution is 7.09. The fraction of sp³-hybridized carbons (Fsp3) is 0.308. The minimum atomic E-state index is -0.998. The molecule has 1 atom stereocenters. The van der Waals surface area contributed by atoms with Crippen LogP contribution in [-0.2, 0) is 11.3 Å². The monoisotopic (exact) mass is 509 g/mol. The standard InChI is InChI=1S/C26H28FN5O3S/c1-15-6-10-17(11-7-15)22(25(34)30-19-4-2-3-5-19)32(14-16-8-12-18(27)13-9-16)26(35)23-20(28)21(24(29)33)31-36-23/h6-13,19,22H,2-5,14,28H2,1H3,(H2,29,33)(H,30,34). The number of primary amides is 1. The van der Waals surface area contributed by atoms with E-state index in [9.17, 15) is 18.8 Å². The summed E-state index contributed by atoms with van der Waals surface area (Å²) in [7, 11) is 0. The zero-order chi connectivity index (χ0) is 25.8. The Hall–Kier alpha value is -3.79. The fourth-order valence-corrected chi connectivity index (χ4v) is 5.16.